The molecule has 0 N–H and O–H groups in total. The van der Waals surface area contributed by atoms with Crippen LogP contribution >= 0.6 is 0 Å². The van der Waals surface area contributed by atoms with Crippen LogP contribution in [0.1, 0.15) is 25.0 Å². The molecule has 0 fully saturated rings. The highest BCUT2D eigenvalue weighted by atomic mass is 15.0. The predicted octanol–water partition coefficient (Wildman–Crippen LogP) is 15.4. The lowest BCUT2D eigenvalue weighted by Gasteiger charge is -2.21. The Morgan fingerprint density at radius 2 is 0.968 bits per heavy atom. The summed E-state index contributed by atoms with van der Waals surface area (Å²) in [6, 6.07) is 76.7. The zero-order valence-corrected chi connectivity index (χ0v) is 34.5. The van der Waals surface area contributed by atoms with Gasteiger partial charge >= 0.3 is 0 Å². The molecule has 0 bridgehead atoms. The monoisotopic (exact) mass is 791 g/mol. The lowest BCUT2D eigenvalue weighted by molar-refractivity contribution is 0.660. The van der Waals surface area contributed by atoms with Crippen LogP contribution in [0, 0.1) is 0 Å². The van der Waals surface area contributed by atoms with Crippen molar-refractivity contribution in [3.63, 3.8) is 0 Å². The molecule has 0 amide bonds. The normalized spacial score (nSPS) is 12.8. The first-order valence-electron chi connectivity index (χ1n) is 21.4. The van der Waals surface area contributed by atoms with Gasteiger partial charge in [-0.1, -0.05) is 178 Å². The summed E-state index contributed by atoms with van der Waals surface area (Å²) in [5, 5.41) is 3.51. The van der Waals surface area contributed by atoms with Crippen LogP contribution in [0.4, 0.5) is 0 Å². The van der Waals surface area contributed by atoms with Crippen LogP contribution in [0.25, 0.3) is 106 Å². The van der Waals surface area contributed by atoms with Crippen molar-refractivity contribution in [2.75, 3.05) is 0 Å². The molecule has 0 saturated heterocycles. The summed E-state index contributed by atoms with van der Waals surface area (Å²) in [6.45, 7) is 4.68. The lowest BCUT2D eigenvalue weighted by Crippen LogP contribution is -2.14. The van der Waals surface area contributed by atoms with E-state index in [2.05, 4.69) is 231 Å². The molecular formula is C59H41N3. The maximum atomic E-state index is 5.34. The third-order valence-corrected chi connectivity index (χ3v) is 13.0. The van der Waals surface area contributed by atoms with E-state index >= 15 is 0 Å². The van der Waals surface area contributed by atoms with Gasteiger partial charge in [-0.25, -0.2) is 9.97 Å². The highest BCUT2D eigenvalue weighted by Crippen LogP contribution is 2.53. The molecule has 62 heavy (non-hydrogen) atoms. The van der Waals surface area contributed by atoms with Gasteiger partial charge < -0.3 is 4.57 Å². The van der Waals surface area contributed by atoms with Crippen molar-refractivity contribution in [1.29, 1.82) is 0 Å². The van der Waals surface area contributed by atoms with Crippen LogP contribution in [-0.4, -0.2) is 14.5 Å². The van der Waals surface area contributed by atoms with Gasteiger partial charge in [-0.3, -0.25) is 0 Å². The van der Waals surface area contributed by atoms with Gasteiger partial charge in [0.05, 0.1) is 22.2 Å². The van der Waals surface area contributed by atoms with Crippen molar-refractivity contribution in [3.8, 4) is 72.8 Å². The van der Waals surface area contributed by atoms with Gasteiger partial charge in [0, 0.05) is 38.4 Å². The first-order valence-corrected chi connectivity index (χ1v) is 21.4. The van der Waals surface area contributed by atoms with E-state index < -0.39 is 0 Å². The molecule has 0 unspecified atom stereocenters. The summed E-state index contributed by atoms with van der Waals surface area (Å²) >= 11 is 0. The number of hydrogen-bond donors (Lipinski definition) is 0. The minimum atomic E-state index is -0.192. The van der Waals surface area contributed by atoms with Crippen LogP contribution in [0.15, 0.2) is 212 Å². The molecule has 3 heteroatoms. The number of nitrogens with zero attached hydrogens (tertiary/aromatic N) is 3. The number of aromatic nitrogens is 3. The Labute approximate surface area is 361 Å². The fraction of sp³-hybridized carbons (Fsp3) is 0.0508. The quantitative estimate of drug-likeness (QED) is 0.168. The molecule has 3 nitrogen and oxygen atoms in total. The molecule has 11 aromatic rings. The van der Waals surface area contributed by atoms with E-state index in [1.165, 1.54) is 77.4 Å². The average molecular weight is 792 g/mol. The first-order chi connectivity index (χ1) is 30.5. The molecule has 0 radical (unpaired) electrons. The molecule has 292 valence electrons. The first kappa shape index (κ1) is 36.0. The van der Waals surface area contributed by atoms with Gasteiger partial charge in [-0.2, -0.15) is 0 Å². The fourth-order valence-electron chi connectivity index (χ4n) is 9.95. The van der Waals surface area contributed by atoms with Crippen molar-refractivity contribution < 1.29 is 0 Å². The topological polar surface area (TPSA) is 30.7 Å². The van der Waals surface area contributed by atoms with Crippen molar-refractivity contribution in [2.45, 2.75) is 19.3 Å². The van der Waals surface area contributed by atoms with E-state index in [-0.39, 0.29) is 5.41 Å². The van der Waals surface area contributed by atoms with Gasteiger partial charge in [0.2, 0.25) is 0 Å². The van der Waals surface area contributed by atoms with Gasteiger partial charge in [0.15, 0.2) is 5.82 Å². The summed E-state index contributed by atoms with van der Waals surface area (Å²) in [7, 11) is 0. The van der Waals surface area contributed by atoms with Gasteiger partial charge in [0.25, 0.3) is 0 Å². The van der Waals surface area contributed by atoms with Crippen LogP contribution < -0.4 is 0 Å². The largest absolute Gasteiger partial charge is 0.309 e. The molecule has 2 heterocycles. The predicted molar refractivity (Wildman–Crippen MR) is 259 cm³/mol. The van der Waals surface area contributed by atoms with E-state index in [1.54, 1.807) is 0 Å². The Balaban J connectivity index is 1.02. The molecule has 0 aliphatic heterocycles. The van der Waals surface area contributed by atoms with Crippen molar-refractivity contribution >= 4 is 32.7 Å². The molecule has 0 atom stereocenters. The SMILES string of the molecule is CC1(C)c2ccc(-c3ccc4c(c3)c3ccccc3n4-c3cc(-c4ccccc4)cc(-c4ccccc4)c3)cc2-c2c(-c3nc(-c4ccccc4)c4ccccc4n3)cccc21. The van der Waals surface area contributed by atoms with E-state index in [0.29, 0.717) is 0 Å². The zero-order valence-electron chi connectivity index (χ0n) is 34.5. The molecule has 1 aliphatic carbocycles. The summed E-state index contributed by atoms with van der Waals surface area (Å²) in [6.07, 6.45) is 0. The molecule has 2 aromatic heterocycles. The Bertz CT molecular complexity index is 3470. The second kappa shape index (κ2) is 14.1. The summed E-state index contributed by atoms with van der Waals surface area (Å²) in [5.74, 6) is 0.745. The molecule has 0 spiro atoms. The number of hydrogen-bond acceptors (Lipinski definition) is 2. The lowest BCUT2D eigenvalue weighted by atomic mass is 9.82. The van der Waals surface area contributed by atoms with E-state index in [1.807, 2.05) is 0 Å². The van der Waals surface area contributed by atoms with Gasteiger partial charge in [0.1, 0.15) is 0 Å². The summed E-state index contributed by atoms with van der Waals surface area (Å²) in [5.41, 5.74) is 19.6. The van der Waals surface area contributed by atoms with Crippen molar-refractivity contribution in [2.24, 2.45) is 0 Å². The molecule has 0 saturated carbocycles. The molecule has 12 rings (SSSR count). The second-order valence-electron chi connectivity index (χ2n) is 17.0. The van der Waals surface area contributed by atoms with Crippen LogP contribution in [-0.2, 0) is 5.41 Å². The average Bonchev–Trinajstić information content (AvgIpc) is 3.79. The maximum absolute atomic E-state index is 5.34. The minimum absolute atomic E-state index is 0.192. The maximum Gasteiger partial charge on any atom is 0.161 e. The van der Waals surface area contributed by atoms with Gasteiger partial charge in [-0.15, -0.1) is 0 Å². The highest BCUT2D eigenvalue weighted by Gasteiger charge is 2.37. The zero-order chi connectivity index (χ0) is 41.4. The highest BCUT2D eigenvalue weighted by molar-refractivity contribution is 6.11. The summed E-state index contributed by atoms with van der Waals surface area (Å²) in [4.78, 5) is 10.6. The third kappa shape index (κ3) is 5.73. The smallest absolute Gasteiger partial charge is 0.161 e. The summed E-state index contributed by atoms with van der Waals surface area (Å²) < 4.78 is 2.44. The standard InChI is InChI=1S/C59H41N3/c1-59(2)51-31-29-41(37-50(51)56-48(25-16-26-52(56)59)58-60-53-27-14-12-24-47(53)57(61-58)40-21-10-5-11-22-40)42-30-32-55-49(36-42)46-23-13-15-28-54(46)62(55)45-34-43(38-17-6-3-7-18-38)33-44(35-45)39-19-8-4-9-20-39/h3-37H,1-2H3. The van der Waals surface area contributed by atoms with E-state index in [9.17, 15) is 0 Å². The van der Waals surface area contributed by atoms with Crippen LogP contribution in [0.3, 0.4) is 0 Å². The Hall–Kier alpha value is -7.88. The van der Waals surface area contributed by atoms with Crippen LogP contribution in [0.5, 0.6) is 0 Å². The molecule has 1 aliphatic rings. The third-order valence-electron chi connectivity index (χ3n) is 13.0. The Morgan fingerprint density at radius 1 is 0.371 bits per heavy atom. The second-order valence-corrected chi connectivity index (χ2v) is 17.0. The van der Waals surface area contributed by atoms with E-state index in [0.717, 1.165) is 39.2 Å². The fourth-order valence-corrected chi connectivity index (χ4v) is 9.95. The molecular weight excluding hydrogens is 751 g/mol. The number of para-hydroxylation sites is 2. The van der Waals surface area contributed by atoms with Crippen molar-refractivity contribution in [1.82, 2.24) is 14.5 Å². The molecule has 9 aromatic carbocycles. The Kier molecular flexibility index (Phi) is 8.20. The number of fused-ring (bicyclic) bond motifs is 7. The van der Waals surface area contributed by atoms with Crippen LogP contribution in [0.2, 0.25) is 0 Å². The van der Waals surface area contributed by atoms with Gasteiger partial charge in [-0.05, 0) is 104 Å². The number of benzene rings is 9. The Morgan fingerprint density at radius 3 is 1.69 bits per heavy atom. The minimum Gasteiger partial charge on any atom is -0.309 e. The van der Waals surface area contributed by atoms with Crippen molar-refractivity contribution in [3.05, 3.63) is 223 Å². The van der Waals surface area contributed by atoms with E-state index in [4.69, 9.17) is 9.97 Å². The number of rotatable bonds is 6.